The molecule has 1 saturated heterocycles. The van der Waals surface area contributed by atoms with Gasteiger partial charge in [0.15, 0.2) is 5.78 Å². The molecule has 19 heavy (non-hydrogen) atoms. The summed E-state index contributed by atoms with van der Waals surface area (Å²) in [6, 6.07) is -0.245. The Morgan fingerprint density at radius 1 is 1.32 bits per heavy atom. The van der Waals surface area contributed by atoms with E-state index in [-0.39, 0.29) is 36.2 Å². The van der Waals surface area contributed by atoms with Gasteiger partial charge in [0.05, 0.1) is 18.6 Å². The van der Waals surface area contributed by atoms with E-state index in [0.29, 0.717) is 19.4 Å². The van der Waals surface area contributed by atoms with Crippen LogP contribution in [0.5, 0.6) is 0 Å². The van der Waals surface area contributed by atoms with Crippen LogP contribution in [0.2, 0.25) is 0 Å². The van der Waals surface area contributed by atoms with Crippen LogP contribution >= 0.6 is 0 Å². The number of rotatable bonds is 6. The molecule has 0 aromatic carbocycles. The van der Waals surface area contributed by atoms with Gasteiger partial charge < -0.3 is 9.64 Å². The van der Waals surface area contributed by atoms with E-state index < -0.39 is 0 Å². The maximum atomic E-state index is 12.0. The molecule has 1 atom stereocenters. The predicted molar refractivity (Wildman–Crippen MR) is 70.4 cm³/mol. The summed E-state index contributed by atoms with van der Waals surface area (Å²) in [6.45, 7) is 6.00. The fourth-order valence-electron chi connectivity index (χ4n) is 2.19. The molecule has 0 spiro atoms. The summed E-state index contributed by atoms with van der Waals surface area (Å²) >= 11 is 0. The van der Waals surface area contributed by atoms with Crippen molar-refractivity contribution in [3.05, 3.63) is 0 Å². The molecule has 1 fully saturated rings. The van der Waals surface area contributed by atoms with Gasteiger partial charge in [0.25, 0.3) is 0 Å². The Labute approximate surface area is 114 Å². The quantitative estimate of drug-likeness (QED) is 0.542. The van der Waals surface area contributed by atoms with Crippen LogP contribution < -0.4 is 0 Å². The molecule has 1 amide bonds. The van der Waals surface area contributed by atoms with Crippen LogP contribution in [-0.4, -0.2) is 41.8 Å². The Morgan fingerprint density at radius 2 is 2.00 bits per heavy atom. The number of esters is 1. The fraction of sp³-hybridized carbons (Fsp3) is 0.786. The van der Waals surface area contributed by atoms with E-state index in [0.717, 1.165) is 12.8 Å². The van der Waals surface area contributed by atoms with Gasteiger partial charge in [0, 0.05) is 13.0 Å². The number of likely N-dealkylation sites (tertiary alicyclic amines) is 1. The molecule has 0 radical (unpaired) electrons. The third kappa shape index (κ3) is 4.65. The Bertz CT molecular complexity index is 351. The standard InChI is InChI=1S/C14H23NO4/c1-10(2)14(18)19-9-5-7-13(17)15-8-4-6-12(15)11(3)16/h10,12H,4-9H2,1-3H3/t12-/m0/s1. The SMILES string of the molecule is CC(=O)[C@@H]1CCCN1C(=O)CCCOC(=O)C(C)C. The number of amides is 1. The van der Waals surface area contributed by atoms with Crippen LogP contribution in [0, 0.1) is 5.92 Å². The molecule has 1 heterocycles. The van der Waals surface area contributed by atoms with Crippen molar-refractivity contribution >= 4 is 17.7 Å². The molecule has 5 heteroatoms. The molecule has 1 aliphatic rings. The number of Topliss-reactive ketones (excluding diaryl/α,β-unsaturated/α-hetero) is 1. The van der Waals surface area contributed by atoms with Gasteiger partial charge in [-0.25, -0.2) is 0 Å². The minimum absolute atomic E-state index is 0.0155. The van der Waals surface area contributed by atoms with Crippen molar-refractivity contribution in [2.24, 2.45) is 5.92 Å². The molecule has 0 aromatic rings. The van der Waals surface area contributed by atoms with E-state index in [1.165, 1.54) is 6.92 Å². The lowest BCUT2D eigenvalue weighted by Gasteiger charge is -2.22. The van der Waals surface area contributed by atoms with Crippen molar-refractivity contribution in [3.63, 3.8) is 0 Å². The summed E-state index contributed by atoms with van der Waals surface area (Å²) < 4.78 is 5.01. The van der Waals surface area contributed by atoms with Crippen molar-refractivity contribution in [1.82, 2.24) is 4.90 Å². The predicted octanol–water partition coefficient (Wildman–Crippen LogP) is 1.55. The van der Waals surface area contributed by atoms with Gasteiger partial charge in [-0.1, -0.05) is 13.8 Å². The van der Waals surface area contributed by atoms with Gasteiger partial charge in [0.2, 0.25) is 5.91 Å². The van der Waals surface area contributed by atoms with E-state index in [1.54, 1.807) is 18.7 Å². The summed E-state index contributed by atoms with van der Waals surface area (Å²) in [5.41, 5.74) is 0. The second-order valence-electron chi connectivity index (χ2n) is 5.28. The first-order valence-corrected chi connectivity index (χ1v) is 6.90. The van der Waals surface area contributed by atoms with Crippen LogP contribution in [0.1, 0.15) is 46.5 Å². The van der Waals surface area contributed by atoms with Gasteiger partial charge in [0.1, 0.15) is 0 Å². The number of ether oxygens (including phenoxy) is 1. The van der Waals surface area contributed by atoms with E-state index in [4.69, 9.17) is 4.74 Å². The average molecular weight is 269 g/mol. The first-order chi connectivity index (χ1) is 8.93. The third-order valence-electron chi connectivity index (χ3n) is 3.29. The van der Waals surface area contributed by atoms with Gasteiger partial charge in [-0.05, 0) is 26.2 Å². The molecule has 0 aromatic heterocycles. The summed E-state index contributed by atoms with van der Waals surface area (Å²) in [7, 11) is 0. The Morgan fingerprint density at radius 3 is 2.58 bits per heavy atom. The first-order valence-electron chi connectivity index (χ1n) is 6.90. The highest BCUT2D eigenvalue weighted by Crippen LogP contribution is 2.19. The van der Waals surface area contributed by atoms with E-state index in [2.05, 4.69) is 0 Å². The lowest BCUT2D eigenvalue weighted by atomic mass is 10.1. The molecule has 1 rings (SSSR count). The third-order valence-corrected chi connectivity index (χ3v) is 3.29. The molecule has 5 nitrogen and oxygen atoms in total. The second-order valence-corrected chi connectivity index (χ2v) is 5.28. The molecular weight excluding hydrogens is 246 g/mol. The summed E-state index contributed by atoms with van der Waals surface area (Å²) in [5.74, 6) is -0.345. The Kier molecular flexibility index (Phi) is 5.99. The highest BCUT2D eigenvalue weighted by molar-refractivity contribution is 5.88. The van der Waals surface area contributed by atoms with Crippen molar-refractivity contribution < 1.29 is 19.1 Å². The van der Waals surface area contributed by atoms with Crippen LogP contribution in [0.4, 0.5) is 0 Å². The zero-order valence-corrected chi connectivity index (χ0v) is 12.0. The summed E-state index contributed by atoms with van der Waals surface area (Å²) in [4.78, 5) is 36.2. The zero-order valence-electron chi connectivity index (χ0n) is 12.0. The molecule has 0 bridgehead atoms. The van der Waals surface area contributed by atoms with Crippen molar-refractivity contribution in [3.8, 4) is 0 Å². The van der Waals surface area contributed by atoms with Crippen molar-refractivity contribution in [1.29, 1.82) is 0 Å². The van der Waals surface area contributed by atoms with Crippen LogP contribution in [0.25, 0.3) is 0 Å². The monoisotopic (exact) mass is 269 g/mol. The summed E-state index contributed by atoms with van der Waals surface area (Å²) in [6.07, 6.45) is 2.50. The van der Waals surface area contributed by atoms with Crippen molar-refractivity contribution in [2.45, 2.75) is 52.5 Å². The number of hydrogen-bond acceptors (Lipinski definition) is 4. The zero-order chi connectivity index (χ0) is 14.4. The number of carbonyl (C=O) groups excluding carboxylic acids is 3. The number of hydrogen-bond donors (Lipinski definition) is 0. The maximum absolute atomic E-state index is 12.0. The van der Waals surface area contributed by atoms with Gasteiger partial charge in [-0.15, -0.1) is 0 Å². The Balaban J connectivity index is 2.28. The molecule has 0 saturated carbocycles. The van der Waals surface area contributed by atoms with E-state index in [1.807, 2.05) is 0 Å². The molecule has 0 N–H and O–H groups in total. The lowest BCUT2D eigenvalue weighted by molar-refractivity contribution is -0.148. The van der Waals surface area contributed by atoms with Gasteiger partial charge in [-0.2, -0.15) is 0 Å². The van der Waals surface area contributed by atoms with Crippen LogP contribution in [0.15, 0.2) is 0 Å². The van der Waals surface area contributed by atoms with Gasteiger partial charge in [-0.3, -0.25) is 14.4 Å². The minimum atomic E-state index is -0.245. The molecule has 1 aliphatic heterocycles. The largest absolute Gasteiger partial charge is 0.465 e. The normalized spacial score (nSPS) is 18.7. The lowest BCUT2D eigenvalue weighted by Crippen LogP contribution is -2.39. The smallest absolute Gasteiger partial charge is 0.308 e. The Hall–Kier alpha value is -1.39. The highest BCUT2D eigenvalue weighted by atomic mass is 16.5. The second kappa shape index (κ2) is 7.26. The van der Waals surface area contributed by atoms with Crippen LogP contribution in [0.3, 0.4) is 0 Å². The molecule has 0 unspecified atom stereocenters. The minimum Gasteiger partial charge on any atom is -0.465 e. The van der Waals surface area contributed by atoms with Crippen molar-refractivity contribution in [2.75, 3.05) is 13.2 Å². The summed E-state index contributed by atoms with van der Waals surface area (Å²) in [5, 5.41) is 0. The van der Waals surface area contributed by atoms with E-state index >= 15 is 0 Å². The van der Waals surface area contributed by atoms with Gasteiger partial charge >= 0.3 is 5.97 Å². The molecular formula is C14H23NO4. The topological polar surface area (TPSA) is 63.7 Å². The molecule has 108 valence electrons. The number of ketones is 1. The highest BCUT2D eigenvalue weighted by Gasteiger charge is 2.31. The average Bonchev–Trinajstić information content (AvgIpc) is 2.83. The maximum Gasteiger partial charge on any atom is 0.308 e. The fourth-order valence-corrected chi connectivity index (χ4v) is 2.19. The molecule has 0 aliphatic carbocycles. The van der Waals surface area contributed by atoms with Crippen LogP contribution in [-0.2, 0) is 19.1 Å². The first kappa shape index (κ1) is 15.7. The number of nitrogens with zero attached hydrogens (tertiary/aromatic N) is 1. The number of carbonyl (C=O) groups is 3. The van der Waals surface area contributed by atoms with E-state index in [9.17, 15) is 14.4 Å².